The molecule has 2 N–H and O–H groups in total. The van der Waals surface area contributed by atoms with Gasteiger partial charge in [-0.15, -0.1) is 11.3 Å². The molecule has 0 aliphatic heterocycles. The van der Waals surface area contributed by atoms with Crippen LogP contribution >= 0.6 is 11.3 Å². The van der Waals surface area contributed by atoms with E-state index in [1.54, 1.807) is 11.3 Å². The molecule has 1 unspecified atom stereocenters. The smallest absolute Gasteiger partial charge is 0.107 e. The summed E-state index contributed by atoms with van der Waals surface area (Å²) in [6.07, 6.45) is 2.61. The third-order valence-corrected chi connectivity index (χ3v) is 4.71. The monoisotopic (exact) mass is 341 g/mol. The largest absolute Gasteiger partial charge is 0.393 e. The van der Waals surface area contributed by atoms with Crippen LogP contribution in [0.4, 0.5) is 0 Å². The molecule has 0 amide bonds. The Bertz CT molecular complexity index is 735. The van der Waals surface area contributed by atoms with E-state index in [-0.39, 0.29) is 6.10 Å². The molecule has 0 spiro atoms. The summed E-state index contributed by atoms with van der Waals surface area (Å²) in [7, 11) is 0. The predicted molar refractivity (Wildman–Crippen MR) is 99.1 cm³/mol. The van der Waals surface area contributed by atoms with Crippen LogP contribution in [-0.4, -0.2) is 27.5 Å². The summed E-state index contributed by atoms with van der Waals surface area (Å²) in [4.78, 5) is 1.19. The minimum absolute atomic E-state index is 0.268. The van der Waals surface area contributed by atoms with E-state index in [0.717, 1.165) is 31.7 Å². The van der Waals surface area contributed by atoms with Gasteiger partial charge in [0.15, 0.2) is 0 Å². The van der Waals surface area contributed by atoms with Crippen LogP contribution in [0.2, 0.25) is 0 Å². The molecule has 2 aromatic heterocycles. The van der Waals surface area contributed by atoms with Gasteiger partial charge in [-0.05, 0) is 36.9 Å². The number of aliphatic hydroxyl groups is 1. The number of aliphatic hydroxyl groups excluding tert-OH is 1. The molecule has 5 heteroatoms. The lowest BCUT2D eigenvalue weighted by Crippen LogP contribution is -2.18. The number of nitrogens with zero attached hydrogens (tertiary/aromatic N) is 2. The van der Waals surface area contributed by atoms with Crippen LogP contribution in [-0.2, 0) is 13.1 Å². The number of rotatable bonds is 8. The highest BCUT2D eigenvalue weighted by Crippen LogP contribution is 2.26. The van der Waals surface area contributed by atoms with E-state index in [1.807, 2.05) is 17.7 Å². The second-order valence-corrected chi connectivity index (χ2v) is 6.93. The lowest BCUT2D eigenvalue weighted by atomic mass is 10.2. The van der Waals surface area contributed by atoms with Crippen LogP contribution < -0.4 is 5.32 Å². The van der Waals surface area contributed by atoms with Gasteiger partial charge in [-0.1, -0.05) is 36.4 Å². The summed E-state index contributed by atoms with van der Waals surface area (Å²) in [5.74, 6) is 0. The van der Waals surface area contributed by atoms with Gasteiger partial charge in [0.2, 0.25) is 0 Å². The first-order chi connectivity index (χ1) is 11.7. The number of nitrogens with one attached hydrogen (secondary N) is 1. The van der Waals surface area contributed by atoms with Crippen LogP contribution in [0.1, 0.15) is 24.5 Å². The van der Waals surface area contributed by atoms with E-state index < -0.39 is 0 Å². The summed E-state index contributed by atoms with van der Waals surface area (Å²) in [6, 6.07) is 14.5. The molecule has 1 atom stereocenters. The third kappa shape index (κ3) is 4.54. The molecule has 4 nitrogen and oxygen atoms in total. The van der Waals surface area contributed by atoms with E-state index in [9.17, 15) is 5.11 Å². The summed E-state index contributed by atoms with van der Waals surface area (Å²) in [5.41, 5.74) is 3.48. The molecule has 0 bridgehead atoms. The molecule has 2 heterocycles. The zero-order valence-electron chi connectivity index (χ0n) is 13.9. The molecule has 1 aromatic carbocycles. The lowest BCUT2D eigenvalue weighted by molar-refractivity contribution is 0.183. The van der Waals surface area contributed by atoms with E-state index in [4.69, 9.17) is 5.10 Å². The van der Waals surface area contributed by atoms with Gasteiger partial charge in [-0.25, -0.2) is 0 Å². The molecule has 126 valence electrons. The van der Waals surface area contributed by atoms with Crippen LogP contribution in [0.5, 0.6) is 0 Å². The maximum absolute atomic E-state index is 9.37. The summed E-state index contributed by atoms with van der Waals surface area (Å²) in [5, 5.41) is 19.7. The Balaban J connectivity index is 1.75. The van der Waals surface area contributed by atoms with E-state index in [1.165, 1.54) is 16.0 Å². The van der Waals surface area contributed by atoms with Crippen LogP contribution in [0.25, 0.3) is 10.6 Å². The predicted octanol–water partition coefficient (Wildman–Crippen LogP) is 3.52. The van der Waals surface area contributed by atoms with Crippen molar-refractivity contribution in [2.45, 2.75) is 32.5 Å². The van der Waals surface area contributed by atoms with Crippen molar-refractivity contribution in [3.63, 3.8) is 0 Å². The second kappa shape index (κ2) is 8.24. The molecule has 0 saturated carbocycles. The van der Waals surface area contributed by atoms with Crippen molar-refractivity contribution in [1.29, 1.82) is 0 Å². The zero-order valence-corrected chi connectivity index (χ0v) is 14.7. The van der Waals surface area contributed by atoms with Gasteiger partial charge >= 0.3 is 0 Å². The molecule has 0 aliphatic rings. The third-order valence-electron chi connectivity index (χ3n) is 3.83. The van der Waals surface area contributed by atoms with Crippen LogP contribution in [0.3, 0.4) is 0 Å². The number of hydrogen-bond acceptors (Lipinski definition) is 4. The molecule has 0 radical (unpaired) electrons. The Labute approximate surface area is 146 Å². The topological polar surface area (TPSA) is 50.1 Å². The fourth-order valence-corrected chi connectivity index (χ4v) is 3.34. The summed E-state index contributed by atoms with van der Waals surface area (Å²) < 4.78 is 2.01. The van der Waals surface area contributed by atoms with E-state index >= 15 is 0 Å². The molecule has 3 rings (SSSR count). The van der Waals surface area contributed by atoms with Gasteiger partial charge in [-0.2, -0.15) is 5.10 Å². The van der Waals surface area contributed by atoms with Crippen molar-refractivity contribution in [3.05, 3.63) is 65.2 Å². The molecular weight excluding hydrogens is 318 g/mol. The molecule has 0 aliphatic carbocycles. The average Bonchev–Trinajstić information content (AvgIpc) is 3.22. The highest BCUT2D eigenvalue weighted by Gasteiger charge is 2.12. The van der Waals surface area contributed by atoms with Crippen LogP contribution in [0, 0.1) is 0 Å². The fourth-order valence-electron chi connectivity index (χ4n) is 2.60. The molecule has 0 saturated heterocycles. The standard InChI is InChI=1S/C19H23N3OS/c1-15(23)9-10-20-12-17-14-22(13-16-6-3-2-4-7-16)21-19(17)18-8-5-11-24-18/h2-8,11,14-15,20,23H,9-10,12-13H2,1H3. The van der Waals surface area contributed by atoms with Gasteiger partial charge in [0.1, 0.15) is 5.69 Å². The minimum atomic E-state index is -0.268. The highest BCUT2D eigenvalue weighted by atomic mass is 32.1. The van der Waals surface area contributed by atoms with Gasteiger partial charge in [-0.3, -0.25) is 4.68 Å². The number of benzene rings is 1. The van der Waals surface area contributed by atoms with Crippen molar-refractivity contribution in [1.82, 2.24) is 15.1 Å². The van der Waals surface area contributed by atoms with Crippen molar-refractivity contribution >= 4 is 11.3 Å². The normalized spacial score (nSPS) is 12.4. The quantitative estimate of drug-likeness (QED) is 0.616. The highest BCUT2D eigenvalue weighted by molar-refractivity contribution is 7.13. The first kappa shape index (κ1) is 16.9. The first-order valence-electron chi connectivity index (χ1n) is 8.25. The molecule has 24 heavy (non-hydrogen) atoms. The fraction of sp³-hybridized carbons (Fsp3) is 0.316. The molecule has 3 aromatic rings. The summed E-state index contributed by atoms with van der Waals surface area (Å²) >= 11 is 1.71. The van der Waals surface area contributed by atoms with Crippen molar-refractivity contribution in [3.8, 4) is 10.6 Å². The zero-order chi connectivity index (χ0) is 16.8. The van der Waals surface area contributed by atoms with E-state index in [2.05, 4.69) is 53.3 Å². The second-order valence-electron chi connectivity index (χ2n) is 5.98. The lowest BCUT2D eigenvalue weighted by Gasteiger charge is -2.06. The average molecular weight is 341 g/mol. The Morgan fingerprint density at radius 1 is 1.21 bits per heavy atom. The van der Waals surface area contributed by atoms with E-state index in [0.29, 0.717) is 0 Å². The Kier molecular flexibility index (Phi) is 5.80. The van der Waals surface area contributed by atoms with Crippen molar-refractivity contribution in [2.24, 2.45) is 0 Å². The maximum atomic E-state index is 9.37. The van der Waals surface area contributed by atoms with Gasteiger partial charge in [0.25, 0.3) is 0 Å². The van der Waals surface area contributed by atoms with Crippen LogP contribution in [0.15, 0.2) is 54.0 Å². The number of thiophene rings is 1. The number of hydrogen-bond donors (Lipinski definition) is 2. The van der Waals surface area contributed by atoms with Gasteiger partial charge in [0.05, 0.1) is 17.5 Å². The van der Waals surface area contributed by atoms with Crippen molar-refractivity contribution < 1.29 is 5.11 Å². The summed E-state index contributed by atoms with van der Waals surface area (Å²) in [6.45, 7) is 4.14. The SMILES string of the molecule is CC(O)CCNCc1cn(Cc2ccccc2)nc1-c1cccs1. The Morgan fingerprint density at radius 2 is 2.04 bits per heavy atom. The van der Waals surface area contributed by atoms with Gasteiger partial charge in [0, 0.05) is 18.3 Å². The van der Waals surface area contributed by atoms with Crippen molar-refractivity contribution in [2.75, 3.05) is 6.54 Å². The first-order valence-corrected chi connectivity index (χ1v) is 9.13. The Hall–Kier alpha value is -1.95. The minimum Gasteiger partial charge on any atom is -0.393 e. The molecular formula is C19H23N3OS. The van der Waals surface area contributed by atoms with Gasteiger partial charge < -0.3 is 10.4 Å². The molecule has 0 fully saturated rings. The number of aromatic nitrogens is 2. The Morgan fingerprint density at radius 3 is 2.75 bits per heavy atom. The maximum Gasteiger partial charge on any atom is 0.107 e.